The van der Waals surface area contributed by atoms with Crippen molar-refractivity contribution in [2.75, 3.05) is 13.4 Å². The van der Waals surface area contributed by atoms with E-state index in [9.17, 15) is 9.59 Å². The fourth-order valence-corrected chi connectivity index (χ4v) is 3.66. The first-order chi connectivity index (χ1) is 15.2. The van der Waals surface area contributed by atoms with Gasteiger partial charge in [0, 0.05) is 17.5 Å². The lowest BCUT2D eigenvalue weighted by Gasteiger charge is -2.07. The van der Waals surface area contributed by atoms with E-state index in [0.717, 1.165) is 27.3 Å². The summed E-state index contributed by atoms with van der Waals surface area (Å²) >= 11 is 0. The van der Waals surface area contributed by atoms with Crippen LogP contribution in [0.25, 0.3) is 21.7 Å². The molecule has 7 nitrogen and oxygen atoms in total. The van der Waals surface area contributed by atoms with Gasteiger partial charge in [-0.3, -0.25) is 9.59 Å². The van der Waals surface area contributed by atoms with Crippen molar-refractivity contribution >= 4 is 33.6 Å². The van der Waals surface area contributed by atoms with Crippen LogP contribution in [0.3, 0.4) is 0 Å². The summed E-state index contributed by atoms with van der Waals surface area (Å²) in [5, 5.41) is 5.69. The molecule has 2 heterocycles. The minimum absolute atomic E-state index is 0.0243. The quantitative estimate of drug-likeness (QED) is 0.481. The van der Waals surface area contributed by atoms with Gasteiger partial charge in [0.15, 0.2) is 18.1 Å². The maximum Gasteiger partial charge on any atom is 0.310 e. The zero-order valence-electron chi connectivity index (χ0n) is 16.6. The second kappa shape index (κ2) is 8.02. The summed E-state index contributed by atoms with van der Waals surface area (Å²) in [6, 6.07) is 17.2. The highest BCUT2D eigenvalue weighted by atomic mass is 16.7. The number of hydrogen-bond acceptors (Lipinski definition) is 6. The number of esters is 1. The maximum atomic E-state index is 12.3. The topological polar surface area (TPSA) is 87.0 Å². The van der Waals surface area contributed by atoms with Crippen molar-refractivity contribution in [3.63, 3.8) is 0 Å². The second-order valence-corrected chi connectivity index (χ2v) is 7.22. The van der Waals surface area contributed by atoms with Gasteiger partial charge in [-0.2, -0.15) is 0 Å². The van der Waals surface area contributed by atoms with Crippen molar-refractivity contribution < 1.29 is 28.2 Å². The predicted molar refractivity (Wildman–Crippen MR) is 113 cm³/mol. The molecule has 0 radical (unpaired) electrons. The monoisotopic (exact) mass is 417 g/mol. The normalized spacial score (nSPS) is 12.3. The molecule has 0 atom stereocenters. The number of fused-ring (bicyclic) bond motifs is 4. The van der Waals surface area contributed by atoms with E-state index in [1.807, 2.05) is 48.5 Å². The Morgan fingerprint density at radius 2 is 1.87 bits per heavy atom. The molecule has 0 bridgehead atoms. The molecule has 3 aromatic carbocycles. The zero-order chi connectivity index (χ0) is 21.2. The fourth-order valence-electron chi connectivity index (χ4n) is 3.66. The molecule has 0 aliphatic carbocycles. The lowest BCUT2D eigenvalue weighted by Crippen LogP contribution is -2.28. The summed E-state index contributed by atoms with van der Waals surface area (Å²) in [4.78, 5) is 24.4. The molecule has 4 aromatic rings. The average Bonchev–Trinajstić information content (AvgIpc) is 3.43. The SMILES string of the molecule is O=C(COC(=O)Cc1coc2ccc3ccccc3c12)NCc1ccc2c(c1)OCO2. The molecule has 1 aliphatic heterocycles. The molecule has 1 aromatic heterocycles. The average molecular weight is 417 g/mol. The highest BCUT2D eigenvalue weighted by molar-refractivity contribution is 6.08. The summed E-state index contributed by atoms with van der Waals surface area (Å²) in [6.07, 6.45) is 1.59. The number of amides is 1. The van der Waals surface area contributed by atoms with Crippen molar-refractivity contribution in [3.05, 3.63) is 72.0 Å². The molecule has 1 amide bonds. The van der Waals surface area contributed by atoms with Crippen LogP contribution in [0.1, 0.15) is 11.1 Å². The van der Waals surface area contributed by atoms with Gasteiger partial charge in [-0.1, -0.05) is 36.4 Å². The van der Waals surface area contributed by atoms with Gasteiger partial charge < -0.3 is 23.9 Å². The van der Waals surface area contributed by atoms with Crippen molar-refractivity contribution in [3.8, 4) is 11.5 Å². The summed E-state index contributed by atoms with van der Waals surface area (Å²) in [7, 11) is 0. The molecule has 1 N–H and O–H groups in total. The molecule has 0 saturated carbocycles. The molecule has 5 rings (SSSR count). The van der Waals surface area contributed by atoms with Crippen LogP contribution in [-0.4, -0.2) is 25.3 Å². The predicted octanol–water partition coefficient (Wildman–Crippen LogP) is 3.72. The highest BCUT2D eigenvalue weighted by Gasteiger charge is 2.16. The van der Waals surface area contributed by atoms with Crippen LogP contribution in [0.4, 0.5) is 0 Å². The Morgan fingerprint density at radius 1 is 1.00 bits per heavy atom. The van der Waals surface area contributed by atoms with Gasteiger partial charge in [-0.05, 0) is 34.5 Å². The minimum atomic E-state index is -0.492. The summed E-state index contributed by atoms with van der Waals surface area (Å²) in [5.74, 6) is 0.462. The van der Waals surface area contributed by atoms with Crippen molar-refractivity contribution in [1.29, 1.82) is 0 Å². The molecule has 31 heavy (non-hydrogen) atoms. The van der Waals surface area contributed by atoms with Crippen LogP contribution in [0.15, 0.2) is 65.3 Å². The standard InChI is InChI=1S/C24H19NO6/c26-22(25-11-15-5-7-19-21(9-15)31-14-30-19)13-29-23(27)10-17-12-28-20-8-6-16-3-1-2-4-18(16)24(17)20/h1-9,12H,10-11,13-14H2,(H,25,26). The van der Waals surface area contributed by atoms with E-state index >= 15 is 0 Å². The van der Waals surface area contributed by atoms with Crippen LogP contribution < -0.4 is 14.8 Å². The van der Waals surface area contributed by atoms with Gasteiger partial charge in [0.2, 0.25) is 6.79 Å². The summed E-state index contributed by atoms with van der Waals surface area (Å²) < 4.78 is 21.3. The first kappa shape index (κ1) is 19.0. The second-order valence-electron chi connectivity index (χ2n) is 7.22. The van der Waals surface area contributed by atoms with E-state index in [-0.39, 0.29) is 25.7 Å². The molecule has 1 aliphatic rings. The van der Waals surface area contributed by atoms with Crippen LogP contribution in [0.5, 0.6) is 11.5 Å². The Hall–Kier alpha value is -4.00. The van der Waals surface area contributed by atoms with Crippen molar-refractivity contribution in [2.45, 2.75) is 13.0 Å². The molecule has 0 fully saturated rings. The van der Waals surface area contributed by atoms with Crippen LogP contribution in [-0.2, 0) is 27.3 Å². The number of nitrogens with one attached hydrogen (secondary N) is 1. The minimum Gasteiger partial charge on any atom is -0.464 e. The number of furan rings is 1. The molecule has 0 unspecified atom stereocenters. The van der Waals surface area contributed by atoms with Gasteiger partial charge in [0.25, 0.3) is 5.91 Å². The zero-order valence-corrected chi connectivity index (χ0v) is 16.6. The Labute approximate surface area is 177 Å². The Morgan fingerprint density at radius 3 is 2.81 bits per heavy atom. The summed E-state index contributed by atoms with van der Waals surface area (Å²) in [5.41, 5.74) is 2.31. The molecular weight excluding hydrogens is 398 g/mol. The van der Waals surface area contributed by atoms with E-state index < -0.39 is 5.97 Å². The Balaban J connectivity index is 1.18. The maximum absolute atomic E-state index is 12.3. The molecule has 7 heteroatoms. The lowest BCUT2D eigenvalue weighted by molar-refractivity contribution is -0.147. The number of carbonyl (C=O) groups excluding carboxylic acids is 2. The molecule has 0 spiro atoms. The van der Waals surface area contributed by atoms with E-state index in [4.69, 9.17) is 18.6 Å². The molecular formula is C24H19NO6. The van der Waals surface area contributed by atoms with E-state index in [1.165, 1.54) is 0 Å². The number of benzene rings is 3. The number of carbonyl (C=O) groups is 2. The lowest BCUT2D eigenvalue weighted by atomic mass is 10.0. The summed E-state index contributed by atoms with van der Waals surface area (Å²) in [6.45, 7) is 0.147. The third kappa shape index (κ3) is 3.90. The molecule has 156 valence electrons. The third-order valence-electron chi connectivity index (χ3n) is 5.17. The smallest absolute Gasteiger partial charge is 0.310 e. The van der Waals surface area contributed by atoms with E-state index in [1.54, 1.807) is 12.3 Å². The van der Waals surface area contributed by atoms with Crippen LogP contribution in [0.2, 0.25) is 0 Å². The van der Waals surface area contributed by atoms with Crippen molar-refractivity contribution in [2.24, 2.45) is 0 Å². The van der Waals surface area contributed by atoms with E-state index in [0.29, 0.717) is 23.6 Å². The first-order valence-electron chi connectivity index (χ1n) is 9.86. The number of ether oxygens (including phenoxy) is 3. The number of rotatable bonds is 6. The highest BCUT2D eigenvalue weighted by Crippen LogP contribution is 2.32. The van der Waals surface area contributed by atoms with E-state index in [2.05, 4.69) is 5.32 Å². The number of hydrogen-bond donors (Lipinski definition) is 1. The van der Waals surface area contributed by atoms with Crippen LogP contribution >= 0.6 is 0 Å². The Kier molecular flexibility index (Phi) is 4.92. The van der Waals surface area contributed by atoms with Crippen LogP contribution in [0, 0.1) is 0 Å². The fraction of sp³-hybridized carbons (Fsp3) is 0.167. The van der Waals surface area contributed by atoms with Gasteiger partial charge in [0.1, 0.15) is 5.58 Å². The molecule has 0 saturated heterocycles. The Bertz CT molecular complexity index is 1290. The van der Waals surface area contributed by atoms with Gasteiger partial charge in [-0.25, -0.2) is 0 Å². The van der Waals surface area contributed by atoms with Gasteiger partial charge in [-0.15, -0.1) is 0 Å². The van der Waals surface area contributed by atoms with Gasteiger partial charge >= 0.3 is 5.97 Å². The first-order valence-corrected chi connectivity index (χ1v) is 9.86. The largest absolute Gasteiger partial charge is 0.464 e. The third-order valence-corrected chi connectivity index (χ3v) is 5.17. The van der Waals surface area contributed by atoms with Gasteiger partial charge in [0.05, 0.1) is 12.7 Å². The van der Waals surface area contributed by atoms with Crippen molar-refractivity contribution in [1.82, 2.24) is 5.32 Å².